The number of aliphatic hydroxyl groups is 1. The molecular formula is C15H21N5O2S. The second-order valence-corrected chi connectivity index (χ2v) is 7.49. The van der Waals surface area contributed by atoms with E-state index in [1.165, 1.54) is 0 Å². The van der Waals surface area contributed by atoms with E-state index >= 15 is 0 Å². The number of aromatic nitrogens is 2. The Kier molecular flexibility index (Phi) is 4.45. The summed E-state index contributed by atoms with van der Waals surface area (Å²) >= 11 is 1.73. The maximum Gasteiger partial charge on any atom is 0.229 e. The zero-order valence-corrected chi connectivity index (χ0v) is 14.1. The predicted molar refractivity (Wildman–Crippen MR) is 91.2 cm³/mol. The molecule has 2 unspecified atom stereocenters. The highest BCUT2D eigenvalue weighted by atomic mass is 32.2. The van der Waals surface area contributed by atoms with Gasteiger partial charge in [0.05, 0.1) is 24.0 Å². The van der Waals surface area contributed by atoms with E-state index in [-0.39, 0.29) is 29.1 Å². The summed E-state index contributed by atoms with van der Waals surface area (Å²) in [7, 11) is 0. The first-order valence-corrected chi connectivity index (χ1v) is 8.63. The number of fused-ring (bicyclic) bond motifs is 1. The van der Waals surface area contributed by atoms with E-state index in [1.807, 2.05) is 18.4 Å². The fourth-order valence-corrected chi connectivity index (χ4v) is 3.93. The van der Waals surface area contributed by atoms with Crippen LogP contribution < -0.4 is 10.6 Å². The van der Waals surface area contributed by atoms with Crippen molar-refractivity contribution in [1.82, 2.24) is 20.2 Å². The quantitative estimate of drug-likeness (QED) is 0.780. The van der Waals surface area contributed by atoms with Crippen molar-refractivity contribution in [3.05, 3.63) is 18.6 Å². The summed E-state index contributed by atoms with van der Waals surface area (Å²) in [5.74, 6) is 0.845. The van der Waals surface area contributed by atoms with Crippen molar-refractivity contribution in [2.45, 2.75) is 37.3 Å². The average molecular weight is 335 g/mol. The van der Waals surface area contributed by atoms with Crippen LogP contribution in [0.25, 0.3) is 5.70 Å². The molecule has 0 radical (unpaired) electrons. The maximum absolute atomic E-state index is 11.9. The van der Waals surface area contributed by atoms with Crippen molar-refractivity contribution in [3.8, 4) is 0 Å². The van der Waals surface area contributed by atoms with Crippen molar-refractivity contribution < 1.29 is 9.90 Å². The molecule has 1 amide bonds. The number of thioether (sulfide) groups is 1. The van der Waals surface area contributed by atoms with E-state index in [0.717, 1.165) is 12.8 Å². The molecule has 1 fully saturated rings. The minimum absolute atomic E-state index is 0.103. The second-order valence-electron chi connectivity index (χ2n) is 6.00. The first-order valence-electron chi connectivity index (χ1n) is 7.68. The largest absolute Gasteiger partial charge is 0.395 e. The third kappa shape index (κ3) is 3.13. The molecule has 0 spiro atoms. The predicted octanol–water partition coefficient (Wildman–Crippen LogP) is 1.60. The number of hydrogen-bond donors (Lipinski definition) is 3. The van der Waals surface area contributed by atoms with Gasteiger partial charge in [-0.15, -0.1) is 11.8 Å². The van der Waals surface area contributed by atoms with Gasteiger partial charge in [0.2, 0.25) is 11.9 Å². The first-order chi connectivity index (χ1) is 11.0. The molecule has 0 aliphatic carbocycles. The molecule has 1 aromatic rings. The smallest absolute Gasteiger partial charge is 0.229 e. The summed E-state index contributed by atoms with van der Waals surface area (Å²) in [6.45, 7) is 7.80. The first kappa shape index (κ1) is 16.1. The van der Waals surface area contributed by atoms with Crippen molar-refractivity contribution in [2.75, 3.05) is 6.61 Å². The van der Waals surface area contributed by atoms with Gasteiger partial charge in [-0.1, -0.05) is 20.4 Å². The molecule has 3 heterocycles. The molecular weight excluding hydrogens is 314 g/mol. The van der Waals surface area contributed by atoms with Crippen LogP contribution in [-0.2, 0) is 4.79 Å². The highest BCUT2D eigenvalue weighted by Crippen LogP contribution is 2.44. The number of carbonyl (C=O) groups excluding carboxylic acids is 1. The molecule has 3 rings (SSSR count). The van der Waals surface area contributed by atoms with Crippen LogP contribution in [0.5, 0.6) is 0 Å². The van der Waals surface area contributed by atoms with Gasteiger partial charge in [-0.3, -0.25) is 10.1 Å². The van der Waals surface area contributed by atoms with Crippen LogP contribution in [0, 0.1) is 5.92 Å². The minimum atomic E-state index is -0.130. The van der Waals surface area contributed by atoms with Crippen LogP contribution >= 0.6 is 11.8 Å². The number of imidazole rings is 1. The van der Waals surface area contributed by atoms with E-state index in [9.17, 15) is 9.90 Å². The molecule has 3 N–H and O–H groups in total. The van der Waals surface area contributed by atoms with Crippen LogP contribution in [0.4, 0.5) is 5.82 Å². The standard InChI is InChI=1S/C15H21N5O2S/c1-8(2)14(22)19-15-17-9(3)12-13(18-15)20(7-16-12)11-5-4-10(6-21)23-11/h7-8,10-11,21H,3-6H2,1-2H3,(H2,17,18,19,22). The SMILES string of the molecule is C=C1NC(NC(=O)C(C)C)=Nc2c1ncn2C1CCC(CO)S1. The Morgan fingerprint density at radius 3 is 3.04 bits per heavy atom. The molecule has 1 aromatic heterocycles. The van der Waals surface area contributed by atoms with Gasteiger partial charge in [0.1, 0.15) is 5.69 Å². The van der Waals surface area contributed by atoms with Gasteiger partial charge in [0, 0.05) is 11.2 Å². The highest BCUT2D eigenvalue weighted by Gasteiger charge is 2.30. The Labute approximate surface area is 139 Å². The Hall–Kier alpha value is -1.80. The van der Waals surface area contributed by atoms with Gasteiger partial charge in [-0.25, -0.2) is 4.98 Å². The number of aliphatic imine (C=N–C) groups is 1. The summed E-state index contributed by atoms with van der Waals surface area (Å²) in [5.41, 5.74) is 1.31. The lowest BCUT2D eigenvalue weighted by Crippen LogP contribution is -2.43. The summed E-state index contributed by atoms with van der Waals surface area (Å²) in [6.07, 6.45) is 3.69. The van der Waals surface area contributed by atoms with Gasteiger partial charge in [0.25, 0.3) is 0 Å². The Morgan fingerprint density at radius 1 is 1.61 bits per heavy atom. The molecule has 2 aliphatic heterocycles. The van der Waals surface area contributed by atoms with Gasteiger partial charge < -0.3 is 15.0 Å². The van der Waals surface area contributed by atoms with Crippen LogP contribution in [0.15, 0.2) is 17.9 Å². The molecule has 2 aliphatic rings. The number of hydrogen-bond acceptors (Lipinski definition) is 6. The Bertz CT molecular complexity index is 667. The zero-order valence-electron chi connectivity index (χ0n) is 13.2. The summed E-state index contributed by atoms with van der Waals surface area (Å²) in [5, 5.41) is 15.5. The van der Waals surface area contributed by atoms with Crippen molar-refractivity contribution >= 4 is 35.1 Å². The lowest BCUT2D eigenvalue weighted by Gasteiger charge is -2.20. The molecule has 23 heavy (non-hydrogen) atoms. The number of aliphatic hydroxyl groups excluding tert-OH is 1. The molecule has 0 bridgehead atoms. The van der Waals surface area contributed by atoms with Crippen LogP contribution in [0.1, 0.15) is 37.8 Å². The van der Waals surface area contributed by atoms with Crippen LogP contribution in [0.2, 0.25) is 0 Å². The van der Waals surface area contributed by atoms with Gasteiger partial charge in [-0.2, -0.15) is 4.99 Å². The lowest BCUT2D eigenvalue weighted by molar-refractivity contribution is -0.122. The molecule has 7 nitrogen and oxygen atoms in total. The van der Waals surface area contributed by atoms with E-state index in [1.54, 1.807) is 18.1 Å². The van der Waals surface area contributed by atoms with E-state index in [4.69, 9.17) is 0 Å². The lowest BCUT2D eigenvalue weighted by atomic mass is 10.2. The average Bonchev–Trinajstić information content (AvgIpc) is 3.12. The monoisotopic (exact) mass is 335 g/mol. The van der Waals surface area contributed by atoms with Gasteiger partial charge in [-0.05, 0) is 12.8 Å². The van der Waals surface area contributed by atoms with E-state index < -0.39 is 0 Å². The third-order valence-corrected chi connectivity index (χ3v) is 5.45. The fraction of sp³-hybridized carbons (Fsp3) is 0.533. The fourth-order valence-electron chi connectivity index (χ4n) is 2.57. The highest BCUT2D eigenvalue weighted by molar-refractivity contribution is 8.00. The van der Waals surface area contributed by atoms with E-state index in [2.05, 4.69) is 27.2 Å². The number of nitrogens with zero attached hydrogens (tertiary/aromatic N) is 3. The minimum Gasteiger partial charge on any atom is -0.395 e. The number of carbonyl (C=O) groups is 1. The summed E-state index contributed by atoms with van der Waals surface area (Å²) < 4.78 is 2.00. The second kappa shape index (κ2) is 6.37. The topological polar surface area (TPSA) is 91.5 Å². The normalized spacial score (nSPS) is 23.5. The van der Waals surface area contributed by atoms with Gasteiger partial charge in [0.15, 0.2) is 5.82 Å². The summed E-state index contributed by atoms with van der Waals surface area (Å²) in [6, 6.07) is 0. The Morgan fingerprint density at radius 2 is 2.39 bits per heavy atom. The maximum atomic E-state index is 11.9. The van der Waals surface area contributed by atoms with Crippen molar-refractivity contribution in [2.24, 2.45) is 10.9 Å². The van der Waals surface area contributed by atoms with Gasteiger partial charge >= 0.3 is 0 Å². The van der Waals surface area contributed by atoms with Crippen molar-refractivity contribution in [1.29, 1.82) is 0 Å². The zero-order chi connectivity index (χ0) is 16.6. The molecule has 0 aromatic carbocycles. The van der Waals surface area contributed by atoms with Crippen LogP contribution in [0.3, 0.4) is 0 Å². The third-order valence-electron chi connectivity index (χ3n) is 3.91. The molecule has 0 saturated carbocycles. The number of nitrogens with one attached hydrogen (secondary N) is 2. The molecule has 8 heteroatoms. The molecule has 2 atom stereocenters. The van der Waals surface area contributed by atoms with E-state index in [0.29, 0.717) is 23.2 Å². The number of guanidine groups is 1. The Balaban J connectivity index is 1.87. The number of rotatable bonds is 3. The molecule has 1 saturated heterocycles. The van der Waals surface area contributed by atoms with Crippen LogP contribution in [-0.4, -0.2) is 38.4 Å². The number of amides is 1. The van der Waals surface area contributed by atoms with Crippen molar-refractivity contribution in [3.63, 3.8) is 0 Å². The summed E-state index contributed by atoms with van der Waals surface area (Å²) in [4.78, 5) is 20.8. The molecule has 124 valence electrons.